The van der Waals surface area contributed by atoms with E-state index in [0.29, 0.717) is 35.3 Å². The van der Waals surface area contributed by atoms with Gasteiger partial charge in [0.2, 0.25) is 10.0 Å². The number of thioether (sulfide) groups is 1. The molecule has 2 heterocycles. The summed E-state index contributed by atoms with van der Waals surface area (Å²) in [6, 6.07) is 13.2. The summed E-state index contributed by atoms with van der Waals surface area (Å²) < 4.78 is 33.2. The van der Waals surface area contributed by atoms with Crippen molar-refractivity contribution in [1.82, 2.24) is 14.5 Å². The third kappa shape index (κ3) is 5.35. The second-order valence-electron chi connectivity index (χ2n) is 7.47. The summed E-state index contributed by atoms with van der Waals surface area (Å²) in [5, 5.41) is 11.3. The topological polar surface area (TPSA) is 105 Å². The van der Waals surface area contributed by atoms with E-state index >= 15 is 0 Å². The van der Waals surface area contributed by atoms with Gasteiger partial charge in [0, 0.05) is 24.4 Å². The van der Waals surface area contributed by atoms with Crippen molar-refractivity contribution >= 4 is 33.4 Å². The van der Waals surface area contributed by atoms with E-state index in [0.717, 1.165) is 19.3 Å². The van der Waals surface area contributed by atoms with Crippen molar-refractivity contribution < 1.29 is 17.6 Å². The lowest BCUT2D eigenvalue weighted by Crippen LogP contribution is -2.35. The Balaban J connectivity index is 1.55. The van der Waals surface area contributed by atoms with Crippen molar-refractivity contribution in [2.45, 2.75) is 29.4 Å². The second-order valence-corrected chi connectivity index (χ2v) is 10.4. The summed E-state index contributed by atoms with van der Waals surface area (Å²) in [5.41, 5.74) is 1.30. The van der Waals surface area contributed by atoms with E-state index in [1.807, 2.05) is 0 Å². The maximum Gasteiger partial charge on any atom is 0.277 e. The predicted octanol–water partition coefficient (Wildman–Crippen LogP) is 4.44. The number of amides is 1. The van der Waals surface area contributed by atoms with Crippen molar-refractivity contribution in [3.63, 3.8) is 0 Å². The Morgan fingerprint density at radius 3 is 2.70 bits per heavy atom. The van der Waals surface area contributed by atoms with E-state index in [4.69, 9.17) is 4.42 Å². The first-order valence-electron chi connectivity index (χ1n) is 10.6. The molecule has 1 saturated heterocycles. The number of para-hydroxylation sites is 1. The molecule has 172 valence electrons. The fourth-order valence-electron chi connectivity index (χ4n) is 3.53. The zero-order chi connectivity index (χ0) is 23.3. The molecule has 4 rings (SSSR count). The Bertz CT molecular complexity index is 1250. The summed E-state index contributed by atoms with van der Waals surface area (Å²) in [6.07, 6.45) is 4.46. The van der Waals surface area contributed by atoms with Gasteiger partial charge in [-0.05, 0) is 43.2 Å². The summed E-state index contributed by atoms with van der Waals surface area (Å²) >= 11 is 1.36. The van der Waals surface area contributed by atoms with Gasteiger partial charge in [-0.25, -0.2) is 8.42 Å². The zero-order valence-corrected chi connectivity index (χ0v) is 19.6. The molecule has 1 amide bonds. The molecule has 1 fully saturated rings. The Hall–Kier alpha value is -2.95. The molecular formula is C23H24N4O4S2. The van der Waals surface area contributed by atoms with Crippen LogP contribution in [0.15, 0.2) is 75.7 Å². The summed E-state index contributed by atoms with van der Waals surface area (Å²) in [5.74, 6) is 0.481. The smallest absolute Gasteiger partial charge is 0.277 e. The van der Waals surface area contributed by atoms with Crippen molar-refractivity contribution in [3.05, 3.63) is 66.7 Å². The number of carbonyl (C=O) groups is 1. The molecule has 0 saturated carbocycles. The first-order chi connectivity index (χ1) is 16.0. The molecule has 1 aliphatic heterocycles. The van der Waals surface area contributed by atoms with Crippen LogP contribution in [0.2, 0.25) is 0 Å². The molecule has 1 aromatic heterocycles. The highest BCUT2D eigenvalue weighted by Gasteiger charge is 2.26. The van der Waals surface area contributed by atoms with Crippen LogP contribution in [0.4, 0.5) is 5.69 Å². The first-order valence-corrected chi connectivity index (χ1v) is 13.0. The fraction of sp³-hybridized carbons (Fsp3) is 0.261. The average molecular weight is 485 g/mol. The summed E-state index contributed by atoms with van der Waals surface area (Å²) in [7, 11) is -3.64. The molecule has 0 spiro atoms. The highest BCUT2D eigenvalue weighted by atomic mass is 32.2. The fourth-order valence-corrected chi connectivity index (χ4v) is 5.59. The lowest BCUT2D eigenvalue weighted by molar-refractivity contribution is 0.102. The number of nitrogens with zero attached hydrogens (tertiary/aromatic N) is 3. The summed E-state index contributed by atoms with van der Waals surface area (Å²) in [6.45, 7) is 4.67. The van der Waals surface area contributed by atoms with E-state index in [2.05, 4.69) is 22.1 Å². The van der Waals surface area contributed by atoms with E-state index in [9.17, 15) is 13.2 Å². The third-order valence-corrected chi connectivity index (χ3v) is 7.89. The Morgan fingerprint density at radius 2 is 1.91 bits per heavy atom. The van der Waals surface area contributed by atoms with Crippen LogP contribution >= 0.6 is 11.8 Å². The van der Waals surface area contributed by atoms with Gasteiger partial charge in [-0.2, -0.15) is 4.31 Å². The van der Waals surface area contributed by atoms with Crippen LogP contribution in [-0.4, -0.2) is 47.7 Å². The number of benzene rings is 2. The van der Waals surface area contributed by atoms with Crippen molar-refractivity contribution in [2.24, 2.45) is 0 Å². The molecule has 0 unspecified atom stereocenters. The van der Waals surface area contributed by atoms with Gasteiger partial charge < -0.3 is 9.73 Å². The standard InChI is InChI=1S/C23H24N4O4S2/c1-2-15-32-23-26-25-22(31-23)19-11-4-5-12-20(19)24-21(28)17-9-8-10-18(16-17)33(29,30)27-13-6-3-7-14-27/h2,4-5,8-12,16H,1,3,6-7,13-15H2,(H,24,28). The van der Waals surface area contributed by atoms with E-state index in [1.54, 1.807) is 42.5 Å². The Morgan fingerprint density at radius 1 is 1.12 bits per heavy atom. The molecule has 3 aromatic rings. The number of hydrogen-bond acceptors (Lipinski definition) is 7. The predicted molar refractivity (Wildman–Crippen MR) is 128 cm³/mol. The molecule has 10 heteroatoms. The highest BCUT2D eigenvalue weighted by molar-refractivity contribution is 7.99. The average Bonchev–Trinajstić information content (AvgIpc) is 3.32. The van der Waals surface area contributed by atoms with Gasteiger partial charge in [0.1, 0.15) is 0 Å². The Labute approximate surface area is 197 Å². The number of sulfonamides is 1. The number of hydrogen-bond donors (Lipinski definition) is 1. The minimum Gasteiger partial charge on any atom is -0.411 e. The third-order valence-electron chi connectivity index (χ3n) is 5.19. The van der Waals surface area contributed by atoms with E-state index in [-0.39, 0.29) is 16.3 Å². The van der Waals surface area contributed by atoms with Gasteiger partial charge in [0.25, 0.3) is 17.0 Å². The van der Waals surface area contributed by atoms with Crippen LogP contribution < -0.4 is 5.32 Å². The molecule has 0 atom stereocenters. The monoisotopic (exact) mass is 484 g/mol. The lowest BCUT2D eigenvalue weighted by atomic mass is 10.1. The van der Waals surface area contributed by atoms with Crippen LogP contribution in [0.25, 0.3) is 11.5 Å². The van der Waals surface area contributed by atoms with Crippen LogP contribution in [0.5, 0.6) is 0 Å². The quantitative estimate of drug-likeness (QED) is 0.372. The molecule has 1 aliphatic rings. The van der Waals surface area contributed by atoms with Crippen molar-refractivity contribution in [3.8, 4) is 11.5 Å². The van der Waals surface area contributed by atoms with Crippen LogP contribution in [-0.2, 0) is 10.0 Å². The molecular weight excluding hydrogens is 460 g/mol. The first kappa shape index (κ1) is 23.2. The van der Waals surface area contributed by atoms with Gasteiger partial charge in [0.15, 0.2) is 0 Å². The number of rotatable bonds is 8. The molecule has 0 radical (unpaired) electrons. The summed E-state index contributed by atoms with van der Waals surface area (Å²) in [4.78, 5) is 13.1. The molecule has 33 heavy (non-hydrogen) atoms. The van der Waals surface area contributed by atoms with Crippen LogP contribution in [0, 0.1) is 0 Å². The largest absolute Gasteiger partial charge is 0.411 e. The van der Waals surface area contributed by atoms with E-state index in [1.165, 1.54) is 28.2 Å². The molecule has 0 bridgehead atoms. The number of nitrogens with one attached hydrogen (secondary N) is 1. The SMILES string of the molecule is C=CCSc1nnc(-c2ccccc2NC(=O)c2cccc(S(=O)(=O)N3CCCCC3)c2)o1. The van der Waals surface area contributed by atoms with Gasteiger partial charge in [0.05, 0.1) is 16.1 Å². The van der Waals surface area contributed by atoms with Gasteiger partial charge in [-0.1, -0.05) is 42.5 Å². The molecule has 1 N–H and O–H groups in total. The van der Waals surface area contributed by atoms with Crippen LogP contribution in [0.1, 0.15) is 29.6 Å². The molecule has 0 aliphatic carbocycles. The number of aromatic nitrogens is 2. The molecule has 2 aromatic carbocycles. The lowest BCUT2D eigenvalue weighted by Gasteiger charge is -2.26. The number of anilines is 1. The van der Waals surface area contributed by atoms with Gasteiger partial charge in [-0.3, -0.25) is 4.79 Å². The minimum absolute atomic E-state index is 0.117. The van der Waals surface area contributed by atoms with Crippen molar-refractivity contribution in [1.29, 1.82) is 0 Å². The van der Waals surface area contributed by atoms with Gasteiger partial charge >= 0.3 is 0 Å². The minimum atomic E-state index is -3.64. The van der Waals surface area contributed by atoms with Crippen molar-refractivity contribution in [2.75, 3.05) is 24.2 Å². The van der Waals surface area contributed by atoms with Crippen LogP contribution in [0.3, 0.4) is 0 Å². The second kappa shape index (κ2) is 10.3. The number of carbonyl (C=O) groups excluding carboxylic acids is 1. The van der Waals surface area contributed by atoms with E-state index < -0.39 is 15.9 Å². The number of piperidine rings is 1. The zero-order valence-electron chi connectivity index (χ0n) is 17.9. The maximum absolute atomic E-state index is 13.0. The normalized spacial score (nSPS) is 14.7. The van der Waals surface area contributed by atoms with Gasteiger partial charge in [-0.15, -0.1) is 16.8 Å². The Kier molecular flexibility index (Phi) is 7.26. The maximum atomic E-state index is 13.0. The highest BCUT2D eigenvalue weighted by Crippen LogP contribution is 2.30. The molecule has 8 nitrogen and oxygen atoms in total.